The van der Waals surface area contributed by atoms with Gasteiger partial charge in [0.25, 0.3) is 0 Å². The molecule has 3 N–H and O–H groups in total. The summed E-state index contributed by atoms with van der Waals surface area (Å²) in [5.41, 5.74) is 5.68. The van der Waals surface area contributed by atoms with Crippen molar-refractivity contribution in [3.05, 3.63) is 0 Å². The Kier molecular flexibility index (Phi) is 4.71. The minimum Gasteiger partial charge on any atom is -0.395 e. The zero-order valence-electron chi connectivity index (χ0n) is 11.8. The Morgan fingerprint density at radius 3 is 2.50 bits per heavy atom. The van der Waals surface area contributed by atoms with Gasteiger partial charge in [-0.1, -0.05) is 6.42 Å². The summed E-state index contributed by atoms with van der Waals surface area (Å²) in [6.45, 7) is 0.562. The van der Waals surface area contributed by atoms with Crippen molar-refractivity contribution in [1.82, 2.24) is 4.90 Å². The van der Waals surface area contributed by atoms with E-state index in [2.05, 4.69) is 0 Å². The number of rotatable bonds is 6. The molecule has 0 bridgehead atoms. The molecule has 1 aliphatic carbocycles. The van der Waals surface area contributed by atoms with E-state index in [1.165, 1.54) is 0 Å². The van der Waals surface area contributed by atoms with Crippen LogP contribution in [0, 0.1) is 5.41 Å². The van der Waals surface area contributed by atoms with Crippen LogP contribution in [0.4, 0.5) is 0 Å². The molecule has 0 aromatic heterocycles. The van der Waals surface area contributed by atoms with Crippen LogP contribution in [0.1, 0.15) is 32.1 Å². The molecular weight excluding hydrogens is 280 g/mol. The summed E-state index contributed by atoms with van der Waals surface area (Å²) < 4.78 is 23.1. The summed E-state index contributed by atoms with van der Waals surface area (Å²) in [5.74, 6) is 0.0924. The predicted octanol–water partition coefficient (Wildman–Crippen LogP) is -0.486. The SMILES string of the molecule is NCC1(CC(=O)N(CCO)C2CCS(=O)(=O)C2)CCC1. The molecule has 1 amide bonds. The molecule has 116 valence electrons. The topological polar surface area (TPSA) is 101 Å². The van der Waals surface area contributed by atoms with Crippen LogP contribution in [0.5, 0.6) is 0 Å². The zero-order valence-corrected chi connectivity index (χ0v) is 12.6. The molecule has 0 aromatic rings. The first-order chi connectivity index (χ1) is 9.41. The van der Waals surface area contributed by atoms with Crippen LogP contribution in [-0.2, 0) is 14.6 Å². The van der Waals surface area contributed by atoms with Crippen LogP contribution in [0.3, 0.4) is 0 Å². The highest BCUT2D eigenvalue weighted by atomic mass is 32.2. The summed E-state index contributed by atoms with van der Waals surface area (Å²) >= 11 is 0. The molecule has 2 rings (SSSR count). The molecule has 7 heteroatoms. The molecule has 1 heterocycles. The van der Waals surface area contributed by atoms with E-state index in [1.807, 2.05) is 0 Å². The lowest BCUT2D eigenvalue weighted by Gasteiger charge is -2.42. The van der Waals surface area contributed by atoms with E-state index in [0.717, 1.165) is 19.3 Å². The van der Waals surface area contributed by atoms with E-state index in [1.54, 1.807) is 4.90 Å². The van der Waals surface area contributed by atoms with Crippen molar-refractivity contribution in [2.75, 3.05) is 31.2 Å². The van der Waals surface area contributed by atoms with Crippen molar-refractivity contribution in [2.24, 2.45) is 11.1 Å². The zero-order chi connectivity index (χ0) is 14.8. The van der Waals surface area contributed by atoms with Gasteiger partial charge in [0, 0.05) is 19.0 Å². The standard InChI is InChI=1S/C13H24N2O4S/c14-10-13(3-1-4-13)8-12(17)15(5-6-16)11-2-7-20(18,19)9-11/h11,16H,1-10,14H2. The molecule has 0 spiro atoms. The number of carbonyl (C=O) groups is 1. The highest BCUT2D eigenvalue weighted by Crippen LogP contribution is 2.43. The fourth-order valence-electron chi connectivity index (χ4n) is 3.19. The van der Waals surface area contributed by atoms with Gasteiger partial charge in [-0.05, 0) is 31.2 Å². The van der Waals surface area contributed by atoms with Gasteiger partial charge in [0.15, 0.2) is 9.84 Å². The van der Waals surface area contributed by atoms with Crippen LogP contribution in [-0.4, -0.2) is 61.6 Å². The first kappa shape index (κ1) is 15.7. The largest absolute Gasteiger partial charge is 0.395 e. The van der Waals surface area contributed by atoms with E-state index in [4.69, 9.17) is 10.8 Å². The first-order valence-corrected chi connectivity index (χ1v) is 9.04. The lowest BCUT2D eigenvalue weighted by Crippen LogP contribution is -2.47. The van der Waals surface area contributed by atoms with Crippen molar-refractivity contribution in [2.45, 2.75) is 38.1 Å². The molecule has 1 atom stereocenters. The fourth-order valence-corrected chi connectivity index (χ4v) is 4.92. The van der Waals surface area contributed by atoms with Crippen LogP contribution >= 0.6 is 0 Å². The lowest BCUT2D eigenvalue weighted by atomic mass is 9.66. The highest BCUT2D eigenvalue weighted by Gasteiger charge is 2.41. The minimum atomic E-state index is -3.03. The van der Waals surface area contributed by atoms with Gasteiger partial charge in [0.2, 0.25) is 5.91 Å². The lowest BCUT2D eigenvalue weighted by molar-refractivity contribution is -0.137. The molecule has 1 saturated heterocycles. The number of aliphatic hydroxyl groups excluding tert-OH is 1. The maximum absolute atomic E-state index is 12.5. The summed E-state index contributed by atoms with van der Waals surface area (Å²) in [6.07, 6.45) is 3.88. The Morgan fingerprint density at radius 2 is 2.10 bits per heavy atom. The van der Waals surface area contributed by atoms with Crippen molar-refractivity contribution in [1.29, 1.82) is 0 Å². The quantitative estimate of drug-likeness (QED) is 0.690. The van der Waals surface area contributed by atoms with Crippen LogP contribution in [0.2, 0.25) is 0 Å². The number of sulfone groups is 1. The van der Waals surface area contributed by atoms with Gasteiger partial charge in [-0.3, -0.25) is 4.79 Å². The summed E-state index contributed by atoms with van der Waals surface area (Å²) in [7, 11) is -3.03. The minimum absolute atomic E-state index is 0.0222. The number of amides is 1. The van der Waals surface area contributed by atoms with E-state index in [0.29, 0.717) is 19.4 Å². The van der Waals surface area contributed by atoms with Crippen LogP contribution in [0.15, 0.2) is 0 Å². The number of hydrogen-bond donors (Lipinski definition) is 2. The number of nitrogens with zero attached hydrogens (tertiary/aromatic N) is 1. The van der Waals surface area contributed by atoms with E-state index < -0.39 is 9.84 Å². The second kappa shape index (κ2) is 5.99. The molecule has 1 aliphatic heterocycles. The molecule has 2 fully saturated rings. The van der Waals surface area contributed by atoms with Gasteiger partial charge in [-0.2, -0.15) is 0 Å². The molecule has 0 aromatic carbocycles. The Bertz CT molecular complexity index is 453. The monoisotopic (exact) mass is 304 g/mol. The molecule has 1 saturated carbocycles. The Balaban J connectivity index is 2.02. The Hall–Kier alpha value is -0.660. The van der Waals surface area contributed by atoms with Gasteiger partial charge >= 0.3 is 0 Å². The molecule has 6 nitrogen and oxygen atoms in total. The predicted molar refractivity (Wildman–Crippen MR) is 75.8 cm³/mol. The smallest absolute Gasteiger partial charge is 0.223 e. The van der Waals surface area contributed by atoms with Crippen molar-refractivity contribution in [3.8, 4) is 0 Å². The number of nitrogens with two attached hydrogens (primary N) is 1. The first-order valence-electron chi connectivity index (χ1n) is 7.22. The average molecular weight is 304 g/mol. The average Bonchev–Trinajstić information content (AvgIpc) is 2.70. The fraction of sp³-hybridized carbons (Fsp3) is 0.923. The Labute approximate surface area is 120 Å². The van der Waals surface area contributed by atoms with Crippen molar-refractivity contribution >= 4 is 15.7 Å². The van der Waals surface area contributed by atoms with Crippen molar-refractivity contribution < 1.29 is 18.3 Å². The molecule has 20 heavy (non-hydrogen) atoms. The summed E-state index contributed by atoms with van der Waals surface area (Å²) in [5, 5.41) is 9.13. The molecule has 1 unspecified atom stereocenters. The number of aliphatic hydroxyl groups is 1. The molecular formula is C13H24N2O4S. The Morgan fingerprint density at radius 1 is 1.40 bits per heavy atom. The van der Waals surface area contributed by atoms with Crippen molar-refractivity contribution in [3.63, 3.8) is 0 Å². The van der Waals surface area contributed by atoms with Gasteiger partial charge < -0.3 is 15.7 Å². The second-order valence-electron chi connectivity index (χ2n) is 6.10. The summed E-state index contributed by atoms with van der Waals surface area (Å²) in [4.78, 5) is 14.0. The third kappa shape index (κ3) is 3.32. The third-order valence-electron chi connectivity index (χ3n) is 4.68. The molecule has 0 radical (unpaired) electrons. The second-order valence-corrected chi connectivity index (χ2v) is 8.33. The van der Waals surface area contributed by atoms with Gasteiger partial charge in [-0.25, -0.2) is 8.42 Å². The van der Waals surface area contributed by atoms with Gasteiger partial charge in [0.1, 0.15) is 0 Å². The van der Waals surface area contributed by atoms with E-state index >= 15 is 0 Å². The van der Waals surface area contributed by atoms with Crippen LogP contribution in [0.25, 0.3) is 0 Å². The summed E-state index contributed by atoms with van der Waals surface area (Å²) in [6, 6.07) is -0.283. The normalized spacial score (nSPS) is 27.0. The maximum atomic E-state index is 12.5. The van der Waals surface area contributed by atoms with Crippen LogP contribution < -0.4 is 5.73 Å². The maximum Gasteiger partial charge on any atom is 0.223 e. The van der Waals surface area contributed by atoms with Gasteiger partial charge in [-0.15, -0.1) is 0 Å². The van der Waals surface area contributed by atoms with Gasteiger partial charge in [0.05, 0.1) is 18.1 Å². The number of carbonyl (C=O) groups excluding carboxylic acids is 1. The van der Waals surface area contributed by atoms with E-state index in [-0.39, 0.29) is 42.0 Å². The van der Waals surface area contributed by atoms with E-state index in [9.17, 15) is 13.2 Å². The number of hydrogen-bond acceptors (Lipinski definition) is 5. The third-order valence-corrected chi connectivity index (χ3v) is 6.43. The molecule has 2 aliphatic rings. The highest BCUT2D eigenvalue weighted by molar-refractivity contribution is 7.91.